The smallest absolute Gasteiger partial charge is 0.361 e. The summed E-state index contributed by atoms with van der Waals surface area (Å²) in [5.41, 5.74) is 2.00. The average molecular weight is 526 g/mol. The highest BCUT2D eigenvalue weighted by Gasteiger charge is 2.38. The maximum absolute atomic E-state index is 13.7. The first-order valence-electron chi connectivity index (χ1n) is 13.6. The van der Waals surface area contributed by atoms with Crippen molar-refractivity contribution in [3.05, 3.63) is 71.4 Å². The van der Waals surface area contributed by atoms with Crippen LogP contribution in [-0.2, 0) is 28.7 Å². The van der Waals surface area contributed by atoms with Crippen LogP contribution in [0.25, 0.3) is 10.9 Å². The van der Waals surface area contributed by atoms with Crippen LogP contribution in [0, 0.1) is 5.92 Å². The van der Waals surface area contributed by atoms with Crippen molar-refractivity contribution in [2.24, 2.45) is 5.92 Å². The molecule has 1 aromatic heterocycles. The number of rotatable bonds is 9. The lowest BCUT2D eigenvalue weighted by Gasteiger charge is -2.31. The molecule has 38 heavy (non-hydrogen) atoms. The fourth-order valence-corrected chi connectivity index (χ4v) is 5.51. The van der Waals surface area contributed by atoms with Crippen molar-refractivity contribution in [1.82, 2.24) is 14.8 Å². The summed E-state index contributed by atoms with van der Waals surface area (Å²) in [7, 11) is 0. The van der Waals surface area contributed by atoms with Gasteiger partial charge < -0.3 is 14.8 Å². The number of fused-ring (bicyclic) bond motifs is 1. The van der Waals surface area contributed by atoms with Crippen molar-refractivity contribution < 1.29 is 22.8 Å². The summed E-state index contributed by atoms with van der Waals surface area (Å²) in [4.78, 5) is 33.8. The third kappa shape index (κ3) is 6.22. The van der Waals surface area contributed by atoms with Crippen molar-refractivity contribution in [2.45, 2.75) is 70.1 Å². The maximum atomic E-state index is 13.7. The molecule has 0 aliphatic heterocycles. The van der Waals surface area contributed by atoms with E-state index in [4.69, 9.17) is 0 Å². The lowest BCUT2D eigenvalue weighted by molar-refractivity contribution is -0.144. The van der Waals surface area contributed by atoms with Crippen LogP contribution in [0.15, 0.2) is 54.7 Å². The Bertz CT molecular complexity index is 1260. The van der Waals surface area contributed by atoms with E-state index in [1.807, 2.05) is 30.5 Å². The van der Waals surface area contributed by atoms with Gasteiger partial charge in [-0.15, -0.1) is 0 Å². The molecule has 2 amide bonds. The lowest BCUT2D eigenvalue weighted by Crippen LogP contribution is -2.46. The van der Waals surface area contributed by atoms with E-state index in [1.165, 1.54) is 12.1 Å². The van der Waals surface area contributed by atoms with Crippen LogP contribution in [0.3, 0.4) is 0 Å². The molecule has 3 aromatic rings. The Morgan fingerprint density at radius 3 is 2.32 bits per heavy atom. The molecule has 5 rings (SSSR count). The number of alkyl halides is 3. The van der Waals surface area contributed by atoms with Gasteiger partial charge in [0.15, 0.2) is 0 Å². The molecule has 202 valence electrons. The number of nitrogens with one attached hydrogen (secondary N) is 1. The van der Waals surface area contributed by atoms with Crippen molar-refractivity contribution >= 4 is 22.7 Å². The topological polar surface area (TPSA) is 56.4 Å². The van der Waals surface area contributed by atoms with E-state index in [-0.39, 0.29) is 36.9 Å². The molecule has 0 spiro atoms. The minimum absolute atomic E-state index is 0.00765. The number of para-hydroxylation sites is 1. The minimum Gasteiger partial charge on any atom is -0.361 e. The SMILES string of the molecule is O=C(CN(C(=O)C1CCCCC1)C1CC1)N(CCc1c[nH]c2ccccc12)Cc1ccc(C(F)(F)F)cc1. The quantitative estimate of drug-likeness (QED) is 0.355. The first-order chi connectivity index (χ1) is 18.3. The van der Waals surface area contributed by atoms with Gasteiger partial charge >= 0.3 is 6.18 Å². The van der Waals surface area contributed by atoms with E-state index in [1.54, 1.807) is 9.80 Å². The number of benzene rings is 2. The molecular formula is C30H34F3N3O2. The number of nitrogens with zero attached hydrogens (tertiary/aromatic N) is 2. The van der Waals surface area contributed by atoms with Gasteiger partial charge in [-0.25, -0.2) is 0 Å². The number of hydrogen-bond acceptors (Lipinski definition) is 2. The Morgan fingerprint density at radius 1 is 0.921 bits per heavy atom. The van der Waals surface area contributed by atoms with Crippen LogP contribution < -0.4 is 0 Å². The molecular weight excluding hydrogens is 491 g/mol. The molecule has 1 heterocycles. The van der Waals surface area contributed by atoms with E-state index in [0.29, 0.717) is 18.5 Å². The Labute approximate surface area is 221 Å². The normalized spacial score (nSPS) is 16.5. The molecule has 2 aliphatic rings. The molecule has 2 saturated carbocycles. The summed E-state index contributed by atoms with van der Waals surface area (Å²) in [6.45, 7) is 0.613. The molecule has 0 atom stereocenters. The van der Waals surface area contributed by atoms with Gasteiger partial charge in [0.2, 0.25) is 11.8 Å². The summed E-state index contributed by atoms with van der Waals surface area (Å²) in [5, 5.41) is 1.08. The number of hydrogen-bond donors (Lipinski definition) is 1. The van der Waals surface area contributed by atoms with E-state index in [9.17, 15) is 22.8 Å². The Balaban J connectivity index is 1.33. The third-order valence-corrected chi connectivity index (χ3v) is 7.86. The molecule has 0 radical (unpaired) electrons. The van der Waals surface area contributed by atoms with Gasteiger partial charge in [-0.3, -0.25) is 9.59 Å². The van der Waals surface area contributed by atoms with Crippen molar-refractivity contribution in [1.29, 1.82) is 0 Å². The molecule has 0 bridgehead atoms. The monoisotopic (exact) mass is 525 g/mol. The molecule has 2 aromatic carbocycles. The largest absolute Gasteiger partial charge is 0.416 e. The van der Waals surface area contributed by atoms with Gasteiger partial charge in [0, 0.05) is 42.1 Å². The zero-order valence-corrected chi connectivity index (χ0v) is 21.5. The molecule has 8 heteroatoms. The highest BCUT2D eigenvalue weighted by Crippen LogP contribution is 2.33. The highest BCUT2D eigenvalue weighted by atomic mass is 19.4. The summed E-state index contributed by atoms with van der Waals surface area (Å²) in [6, 6.07) is 13.0. The number of aromatic nitrogens is 1. The summed E-state index contributed by atoms with van der Waals surface area (Å²) < 4.78 is 39.2. The van der Waals surface area contributed by atoms with E-state index >= 15 is 0 Å². The van der Waals surface area contributed by atoms with E-state index < -0.39 is 11.7 Å². The standard InChI is InChI=1S/C30H34F3N3O2/c31-30(32,33)24-12-10-21(11-13-24)19-35(17-16-23-18-34-27-9-5-4-8-26(23)27)28(37)20-36(25-14-15-25)29(38)22-6-2-1-3-7-22/h4-5,8-13,18,22,25,34H,1-3,6-7,14-17,19-20H2. The zero-order chi connectivity index (χ0) is 26.7. The van der Waals surface area contributed by atoms with Crippen molar-refractivity contribution in [2.75, 3.05) is 13.1 Å². The molecule has 5 nitrogen and oxygen atoms in total. The van der Waals surface area contributed by atoms with Crippen LogP contribution in [0.5, 0.6) is 0 Å². The fourth-order valence-electron chi connectivity index (χ4n) is 5.51. The summed E-state index contributed by atoms with van der Waals surface area (Å²) >= 11 is 0. The van der Waals surface area contributed by atoms with Gasteiger partial charge in [-0.05, 0) is 61.4 Å². The number of carbonyl (C=O) groups is 2. The second kappa shape index (κ2) is 11.2. The van der Waals surface area contributed by atoms with Crippen LogP contribution >= 0.6 is 0 Å². The summed E-state index contributed by atoms with van der Waals surface area (Å²) in [5.74, 6) is -0.0841. The number of halogens is 3. The van der Waals surface area contributed by atoms with Gasteiger partial charge in [0.1, 0.15) is 6.54 Å². The average Bonchev–Trinajstić information content (AvgIpc) is 3.69. The first kappa shape index (κ1) is 26.3. The number of H-pyrrole nitrogens is 1. The number of amides is 2. The molecule has 0 unspecified atom stereocenters. The Morgan fingerprint density at radius 2 is 1.63 bits per heavy atom. The molecule has 2 aliphatic carbocycles. The minimum atomic E-state index is -4.41. The van der Waals surface area contributed by atoms with Gasteiger partial charge in [-0.1, -0.05) is 49.6 Å². The zero-order valence-electron chi connectivity index (χ0n) is 21.5. The van der Waals surface area contributed by atoms with E-state index in [2.05, 4.69) is 4.98 Å². The predicted molar refractivity (Wildman–Crippen MR) is 140 cm³/mol. The summed E-state index contributed by atoms with van der Waals surface area (Å²) in [6.07, 6.45) is 4.97. The van der Waals surface area contributed by atoms with Gasteiger partial charge in [0.05, 0.1) is 5.56 Å². The van der Waals surface area contributed by atoms with Gasteiger partial charge in [0.25, 0.3) is 0 Å². The first-order valence-corrected chi connectivity index (χ1v) is 13.6. The second-order valence-corrected chi connectivity index (χ2v) is 10.7. The molecule has 2 fully saturated rings. The van der Waals surface area contributed by atoms with E-state index in [0.717, 1.165) is 73.5 Å². The fraction of sp³-hybridized carbons (Fsp3) is 0.467. The molecule has 0 saturated heterocycles. The number of carbonyl (C=O) groups excluding carboxylic acids is 2. The van der Waals surface area contributed by atoms with Crippen molar-refractivity contribution in [3.63, 3.8) is 0 Å². The molecule has 1 N–H and O–H groups in total. The number of aromatic amines is 1. The van der Waals surface area contributed by atoms with Crippen LogP contribution in [0.2, 0.25) is 0 Å². The third-order valence-electron chi connectivity index (χ3n) is 7.86. The Kier molecular flexibility index (Phi) is 7.77. The lowest BCUT2D eigenvalue weighted by atomic mass is 9.88. The van der Waals surface area contributed by atoms with Crippen molar-refractivity contribution in [3.8, 4) is 0 Å². The highest BCUT2D eigenvalue weighted by molar-refractivity contribution is 5.87. The van der Waals surface area contributed by atoms with Crippen LogP contribution in [0.4, 0.5) is 13.2 Å². The Hall–Kier alpha value is -3.29. The predicted octanol–water partition coefficient (Wildman–Crippen LogP) is 6.33. The van der Waals surface area contributed by atoms with Crippen LogP contribution in [0.1, 0.15) is 61.6 Å². The van der Waals surface area contributed by atoms with Crippen LogP contribution in [-0.4, -0.2) is 45.7 Å². The second-order valence-electron chi connectivity index (χ2n) is 10.7. The maximum Gasteiger partial charge on any atom is 0.416 e. The van der Waals surface area contributed by atoms with Gasteiger partial charge in [-0.2, -0.15) is 13.2 Å².